The van der Waals surface area contributed by atoms with Crippen LogP contribution >= 0.6 is 0 Å². The molecule has 2 unspecified atom stereocenters. The van der Waals surface area contributed by atoms with Crippen molar-refractivity contribution in [2.45, 2.75) is 70.1 Å². The molecule has 15 heavy (non-hydrogen) atoms. The van der Waals surface area contributed by atoms with Crippen LogP contribution in [-0.2, 0) is 4.74 Å². The van der Waals surface area contributed by atoms with Crippen molar-refractivity contribution in [3.63, 3.8) is 0 Å². The molecule has 2 aliphatic rings. The first-order chi connectivity index (χ1) is 7.05. The summed E-state index contributed by atoms with van der Waals surface area (Å²) < 4.78 is 6.01. The van der Waals surface area contributed by atoms with Crippen LogP contribution in [0.5, 0.6) is 0 Å². The lowest BCUT2D eigenvalue weighted by Gasteiger charge is -2.22. The van der Waals surface area contributed by atoms with E-state index in [1.165, 1.54) is 31.3 Å². The molecule has 1 heterocycles. The fraction of sp³-hybridized carbons (Fsp3) is 0.846. The van der Waals surface area contributed by atoms with Crippen LogP contribution in [0.25, 0.3) is 0 Å². The van der Waals surface area contributed by atoms with Gasteiger partial charge < -0.3 is 10.5 Å². The summed E-state index contributed by atoms with van der Waals surface area (Å²) in [5.74, 6) is 0. The van der Waals surface area contributed by atoms with E-state index in [1.807, 2.05) is 0 Å². The summed E-state index contributed by atoms with van der Waals surface area (Å²) in [6.07, 6.45) is 9.85. The minimum Gasteiger partial charge on any atom is -0.372 e. The molecule has 0 aromatic rings. The molecule has 2 N–H and O–H groups in total. The number of ether oxygens (including phenoxy) is 1. The summed E-state index contributed by atoms with van der Waals surface area (Å²) in [4.78, 5) is 0. The van der Waals surface area contributed by atoms with Gasteiger partial charge in [0, 0.05) is 6.04 Å². The van der Waals surface area contributed by atoms with Gasteiger partial charge in [-0.25, -0.2) is 0 Å². The van der Waals surface area contributed by atoms with E-state index >= 15 is 0 Å². The Morgan fingerprint density at radius 1 is 1.47 bits per heavy atom. The third-order valence-electron chi connectivity index (χ3n) is 3.53. The molecular formula is C13H23NO. The van der Waals surface area contributed by atoms with Crippen LogP contribution in [0.3, 0.4) is 0 Å². The van der Waals surface area contributed by atoms with Gasteiger partial charge in [0.05, 0.1) is 11.7 Å². The van der Waals surface area contributed by atoms with Crippen LogP contribution in [-0.4, -0.2) is 17.7 Å². The third-order valence-corrected chi connectivity index (χ3v) is 3.53. The lowest BCUT2D eigenvalue weighted by atomic mass is 9.92. The van der Waals surface area contributed by atoms with E-state index in [1.54, 1.807) is 0 Å². The largest absolute Gasteiger partial charge is 0.372 e. The first kappa shape index (κ1) is 11.2. The van der Waals surface area contributed by atoms with Gasteiger partial charge in [-0.2, -0.15) is 0 Å². The molecule has 1 aliphatic heterocycles. The van der Waals surface area contributed by atoms with Gasteiger partial charge in [0.15, 0.2) is 0 Å². The van der Waals surface area contributed by atoms with Crippen molar-refractivity contribution < 1.29 is 4.74 Å². The van der Waals surface area contributed by atoms with E-state index in [2.05, 4.69) is 19.9 Å². The van der Waals surface area contributed by atoms with E-state index in [-0.39, 0.29) is 5.60 Å². The topological polar surface area (TPSA) is 35.2 Å². The summed E-state index contributed by atoms with van der Waals surface area (Å²) >= 11 is 0. The minimum absolute atomic E-state index is 0.0992. The van der Waals surface area contributed by atoms with E-state index in [4.69, 9.17) is 10.5 Å². The van der Waals surface area contributed by atoms with E-state index in [0.29, 0.717) is 12.1 Å². The molecule has 1 fully saturated rings. The maximum absolute atomic E-state index is 6.01. The van der Waals surface area contributed by atoms with Crippen LogP contribution in [0, 0.1) is 0 Å². The standard InChI is InChI=1S/C13H23NO/c1-13(2)7-6-12(15-13)9-10-4-3-5-11(14)8-10/h8,11-12H,3-7,9,14H2,1-2H3. The second-order valence-corrected chi connectivity index (χ2v) is 5.62. The van der Waals surface area contributed by atoms with Crippen molar-refractivity contribution in [1.29, 1.82) is 0 Å². The van der Waals surface area contributed by atoms with Gasteiger partial charge in [-0.05, 0) is 52.4 Å². The van der Waals surface area contributed by atoms with Crippen molar-refractivity contribution >= 4 is 0 Å². The molecule has 0 amide bonds. The number of hydrogen-bond donors (Lipinski definition) is 1. The molecular weight excluding hydrogens is 186 g/mol. The third kappa shape index (κ3) is 3.05. The molecule has 1 aliphatic carbocycles. The Balaban J connectivity index is 1.87. The van der Waals surface area contributed by atoms with Gasteiger partial charge in [-0.1, -0.05) is 11.6 Å². The monoisotopic (exact) mass is 209 g/mol. The van der Waals surface area contributed by atoms with Crippen LogP contribution < -0.4 is 5.73 Å². The predicted octanol–water partition coefficient (Wildman–Crippen LogP) is 2.77. The molecule has 2 nitrogen and oxygen atoms in total. The first-order valence-electron chi connectivity index (χ1n) is 6.18. The SMILES string of the molecule is CC1(C)CCC(CC2=CC(N)CCC2)O1. The Morgan fingerprint density at radius 3 is 2.87 bits per heavy atom. The van der Waals surface area contributed by atoms with Crippen molar-refractivity contribution in [2.24, 2.45) is 5.73 Å². The molecule has 0 aromatic heterocycles. The second kappa shape index (κ2) is 4.26. The highest BCUT2D eigenvalue weighted by atomic mass is 16.5. The van der Waals surface area contributed by atoms with Crippen molar-refractivity contribution in [3.8, 4) is 0 Å². The fourth-order valence-corrected chi connectivity index (χ4v) is 2.72. The van der Waals surface area contributed by atoms with E-state index in [9.17, 15) is 0 Å². The van der Waals surface area contributed by atoms with E-state index in [0.717, 1.165) is 12.8 Å². The predicted molar refractivity (Wildman–Crippen MR) is 62.7 cm³/mol. The van der Waals surface area contributed by atoms with Gasteiger partial charge in [-0.3, -0.25) is 0 Å². The summed E-state index contributed by atoms with van der Waals surface area (Å²) in [5.41, 5.74) is 7.56. The lowest BCUT2D eigenvalue weighted by molar-refractivity contribution is -0.0148. The molecule has 0 radical (unpaired) electrons. The van der Waals surface area contributed by atoms with Crippen molar-refractivity contribution in [1.82, 2.24) is 0 Å². The zero-order chi connectivity index (χ0) is 10.9. The summed E-state index contributed by atoms with van der Waals surface area (Å²) in [6.45, 7) is 4.38. The highest BCUT2D eigenvalue weighted by Crippen LogP contribution is 2.34. The zero-order valence-electron chi connectivity index (χ0n) is 9.96. The minimum atomic E-state index is 0.0992. The highest BCUT2D eigenvalue weighted by molar-refractivity contribution is 5.11. The lowest BCUT2D eigenvalue weighted by Crippen LogP contribution is -2.23. The molecule has 2 rings (SSSR count). The van der Waals surface area contributed by atoms with Crippen LogP contribution in [0.4, 0.5) is 0 Å². The second-order valence-electron chi connectivity index (χ2n) is 5.62. The Hall–Kier alpha value is -0.340. The van der Waals surface area contributed by atoms with Gasteiger partial charge in [0.2, 0.25) is 0 Å². The van der Waals surface area contributed by atoms with Crippen molar-refractivity contribution in [3.05, 3.63) is 11.6 Å². The molecule has 2 atom stereocenters. The molecule has 0 aromatic carbocycles. The average Bonchev–Trinajstić information content (AvgIpc) is 2.45. The quantitative estimate of drug-likeness (QED) is 0.710. The molecule has 0 spiro atoms. The Morgan fingerprint density at radius 2 is 2.27 bits per heavy atom. The average molecular weight is 209 g/mol. The highest BCUT2D eigenvalue weighted by Gasteiger charge is 2.32. The smallest absolute Gasteiger partial charge is 0.0631 e. The zero-order valence-corrected chi connectivity index (χ0v) is 9.96. The van der Waals surface area contributed by atoms with Gasteiger partial charge in [0.1, 0.15) is 0 Å². The first-order valence-corrected chi connectivity index (χ1v) is 6.18. The summed E-state index contributed by atoms with van der Waals surface area (Å²) in [7, 11) is 0. The molecule has 0 bridgehead atoms. The molecule has 86 valence electrons. The number of nitrogens with two attached hydrogens (primary N) is 1. The Bertz CT molecular complexity index is 257. The maximum Gasteiger partial charge on any atom is 0.0631 e. The molecule has 0 saturated carbocycles. The maximum atomic E-state index is 6.01. The van der Waals surface area contributed by atoms with Crippen LogP contribution in [0.1, 0.15) is 52.4 Å². The Kier molecular flexibility index (Phi) is 3.17. The van der Waals surface area contributed by atoms with E-state index < -0.39 is 0 Å². The van der Waals surface area contributed by atoms with Crippen LogP contribution in [0.2, 0.25) is 0 Å². The van der Waals surface area contributed by atoms with Gasteiger partial charge in [0.25, 0.3) is 0 Å². The van der Waals surface area contributed by atoms with Gasteiger partial charge >= 0.3 is 0 Å². The summed E-state index contributed by atoms with van der Waals surface area (Å²) in [6, 6.07) is 0.295. The number of rotatable bonds is 2. The number of hydrogen-bond acceptors (Lipinski definition) is 2. The summed E-state index contributed by atoms with van der Waals surface area (Å²) in [5, 5.41) is 0. The van der Waals surface area contributed by atoms with Crippen molar-refractivity contribution in [2.75, 3.05) is 0 Å². The normalized spacial score (nSPS) is 35.3. The molecule has 1 saturated heterocycles. The van der Waals surface area contributed by atoms with Gasteiger partial charge in [-0.15, -0.1) is 0 Å². The molecule has 2 heteroatoms. The Labute approximate surface area is 92.9 Å². The van der Waals surface area contributed by atoms with Crippen LogP contribution in [0.15, 0.2) is 11.6 Å². The fourth-order valence-electron chi connectivity index (χ4n) is 2.72.